The lowest BCUT2D eigenvalue weighted by atomic mass is 9.65. The predicted octanol–water partition coefficient (Wildman–Crippen LogP) is 0.892. The molecule has 3 atom stereocenters. The summed E-state index contributed by atoms with van der Waals surface area (Å²) in [7, 11) is 0. The van der Waals surface area contributed by atoms with Gasteiger partial charge in [-0.05, 0) is 43.9 Å². The summed E-state index contributed by atoms with van der Waals surface area (Å²) in [6.07, 6.45) is 1.86. The number of hydrogen-bond donors (Lipinski definition) is 6. The Bertz CT molecular complexity index is 1320. The molecule has 2 aliphatic carbocycles. The molecule has 1 aromatic rings. The van der Waals surface area contributed by atoms with Crippen LogP contribution < -0.4 is 27.4 Å². The van der Waals surface area contributed by atoms with Crippen molar-refractivity contribution in [2.75, 3.05) is 4.90 Å². The SMILES string of the molecule is CC(C)(C)C(=O)N(c1cc(C(=O)O)cc(C(=O)O)c1)C1CCCCC1(C(N)=O)C(=O)NC1CCCCC1(C(N)=O)C(N)=O. The van der Waals surface area contributed by atoms with Crippen LogP contribution in [-0.2, 0) is 24.0 Å². The summed E-state index contributed by atoms with van der Waals surface area (Å²) in [5.41, 5.74) is 11.0. The summed E-state index contributed by atoms with van der Waals surface area (Å²) >= 11 is 0. The van der Waals surface area contributed by atoms with Gasteiger partial charge in [0.2, 0.25) is 29.5 Å². The summed E-state index contributed by atoms with van der Waals surface area (Å²) in [5, 5.41) is 22.1. The van der Waals surface area contributed by atoms with E-state index in [9.17, 15) is 43.8 Å². The van der Waals surface area contributed by atoms with Crippen LogP contribution in [0.15, 0.2) is 18.2 Å². The number of aromatic carboxylic acids is 2. The van der Waals surface area contributed by atoms with Crippen LogP contribution in [0.2, 0.25) is 0 Å². The molecule has 0 saturated heterocycles. The molecule has 3 unspecified atom stereocenters. The fraction of sp³-hybridized carbons (Fsp3) is 0.552. The fourth-order valence-corrected chi connectivity index (χ4v) is 6.33. The van der Waals surface area contributed by atoms with Crippen molar-refractivity contribution in [2.45, 2.75) is 84.2 Å². The largest absolute Gasteiger partial charge is 0.478 e. The second kappa shape index (κ2) is 12.0. The zero-order valence-corrected chi connectivity index (χ0v) is 24.5. The van der Waals surface area contributed by atoms with Crippen LogP contribution >= 0.6 is 0 Å². The van der Waals surface area contributed by atoms with Crippen LogP contribution in [0.4, 0.5) is 5.69 Å². The van der Waals surface area contributed by atoms with Crippen molar-refractivity contribution in [1.82, 2.24) is 5.32 Å². The highest BCUT2D eigenvalue weighted by molar-refractivity contribution is 6.10. The van der Waals surface area contributed by atoms with Crippen molar-refractivity contribution in [2.24, 2.45) is 33.4 Å². The zero-order valence-electron chi connectivity index (χ0n) is 24.5. The van der Waals surface area contributed by atoms with Gasteiger partial charge in [0.1, 0.15) is 10.8 Å². The first-order valence-corrected chi connectivity index (χ1v) is 14.1. The number of primary amides is 3. The molecule has 234 valence electrons. The Balaban J connectivity index is 2.25. The first-order chi connectivity index (χ1) is 19.9. The third-order valence-corrected chi connectivity index (χ3v) is 8.67. The molecule has 0 heterocycles. The summed E-state index contributed by atoms with van der Waals surface area (Å²) in [4.78, 5) is 91.8. The van der Waals surface area contributed by atoms with Crippen molar-refractivity contribution in [3.63, 3.8) is 0 Å². The number of nitrogens with zero attached hydrogens (tertiary/aromatic N) is 1. The van der Waals surface area contributed by atoms with Crippen molar-refractivity contribution in [1.29, 1.82) is 0 Å². The summed E-state index contributed by atoms with van der Waals surface area (Å²) in [6, 6.07) is 0.699. The molecule has 0 aliphatic heterocycles. The normalized spacial score (nSPS) is 23.4. The number of anilines is 1. The molecule has 0 radical (unpaired) electrons. The van der Waals surface area contributed by atoms with Crippen molar-refractivity contribution in [3.05, 3.63) is 29.3 Å². The lowest BCUT2D eigenvalue weighted by molar-refractivity contribution is -0.149. The lowest BCUT2D eigenvalue weighted by Crippen LogP contribution is -2.68. The molecule has 0 spiro atoms. The fourth-order valence-electron chi connectivity index (χ4n) is 6.33. The van der Waals surface area contributed by atoms with Crippen molar-refractivity contribution >= 4 is 47.2 Å². The van der Waals surface area contributed by atoms with Crippen molar-refractivity contribution in [3.8, 4) is 0 Å². The van der Waals surface area contributed by atoms with E-state index < -0.39 is 80.9 Å². The Morgan fingerprint density at radius 2 is 1.23 bits per heavy atom. The molecule has 2 aliphatic rings. The highest BCUT2D eigenvalue weighted by Crippen LogP contribution is 2.45. The molecule has 0 aromatic heterocycles. The number of carbonyl (C=O) groups is 7. The van der Waals surface area contributed by atoms with Crippen LogP contribution in [0, 0.1) is 16.2 Å². The third-order valence-electron chi connectivity index (χ3n) is 8.67. The third kappa shape index (κ3) is 5.90. The first kappa shape index (κ1) is 33.0. The smallest absolute Gasteiger partial charge is 0.335 e. The summed E-state index contributed by atoms with van der Waals surface area (Å²) in [5.74, 6) is -7.61. The Labute approximate surface area is 248 Å². The molecular formula is C29H39N5O9. The maximum atomic E-state index is 14.3. The van der Waals surface area contributed by atoms with E-state index in [1.165, 1.54) is 0 Å². The maximum absolute atomic E-state index is 14.3. The van der Waals surface area contributed by atoms with Gasteiger partial charge in [-0.3, -0.25) is 24.0 Å². The minimum absolute atomic E-state index is 0.00973. The van der Waals surface area contributed by atoms with Gasteiger partial charge < -0.3 is 37.6 Å². The minimum atomic E-state index is -2.11. The van der Waals surface area contributed by atoms with Crippen LogP contribution in [0.5, 0.6) is 0 Å². The molecule has 3 rings (SSSR count). The van der Waals surface area contributed by atoms with E-state index >= 15 is 0 Å². The number of carboxylic acids is 2. The Hall–Kier alpha value is -4.49. The number of nitrogens with one attached hydrogen (secondary N) is 1. The monoisotopic (exact) mass is 601 g/mol. The van der Waals surface area contributed by atoms with E-state index in [2.05, 4.69) is 5.32 Å². The van der Waals surface area contributed by atoms with Gasteiger partial charge in [-0.2, -0.15) is 0 Å². The quantitative estimate of drug-likeness (QED) is 0.219. The number of carbonyl (C=O) groups excluding carboxylic acids is 5. The Morgan fingerprint density at radius 3 is 1.67 bits per heavy atom. The van der Waals surface area contributed by atoms with Gasteiger partial charge in [0.15, 0.2) is 0 Å². The molecule has 2 saturated carbocycles. The van der Waals surface area contributed by atoms with Gasteiger partial charge >= 0.3 is 11.9 Å². The van der Waals surface area contributed by atoms with Crippen molar-refractivity contribution < 1.29 is 43.8 Å². The van der Waals surface area contributed by atoms with E-state index in [4.69, 9.17) is 17.2 Å². The van der Waals surface area contributed by atoms with Gasteiger partial charge in [-0.25, -0.2) is 9.59 Å². The Kier molecular flexibility index (Phi) is 9.23. The zero-order chi connectivity index (χ0) is 32.5. The number of rotatable bonds is 9. The second-order valence-corrected chi connectivity index (χ2v) is 12.4. The summed E-state index contributed by atoms with van der Waals surface area (Å²) < 4.78 is 0. The number of nitrogens with two attached hydrogens (primary N) is 3. The first-order valence-electron chi connectivity index (χ1n) is 14.1. The number of amides is 5. The number of benzene rings is 1. The predicted molar refractivity (Wildman–Crippen MR) is 152 cm³/mol. The molecule has 1 aromatic carbocycles. The van der Waals surface area contributed by atoms with Gasteiger partial charge in [-0.1, -0.05) is 46.5 Å². The average molecular weight is 602 g/mol. The van der Waals surface area contributed by atoms with E-state index in [0.29, 0.717) is 25.7 Å². The van der Waals surface area contributed by atoms with Gasteiger partial charge in [0, 0.05) is 11.1 Å². The second-order valence-electron chi connectivity index (χ2n) is 12.4. The van der Waals surface area contributed by atoms with E-state index in [-0.39, 0.29) is 31.4 Å². The molecule has 0 bridgehead atoms. The standard InChI is InChI=1S/C29H39N5O9/c1-27(2,3)26(43)34(17-13-15(20(35)36)12-16(14-17)21(37)38)19-9-5-7-11-29(19,24(32)41)25(42)33-18-8-4-6-10-28(18,22(30)39)23(31)40/h12-14,18-19H,4-11H2,1-3H3,(H2,30,39)(H2,31,40)(H2,32,41)(H,33,42)(H,35,36)(H,37,38). The van der Waals surface area contributed by atoms with E-state index in [1.807, 2.05) is 0 Å². The summed E-state index contributed by atoms with van der Waals surface area (Å²) in [6.45, 7) is 4.73. The Morgan fingerprint density at radius 1 is 0.767 bits per heavy atom. The molecule has 14 heteroatoms. The van der Waals surface area contributed by atoms with Gasteiger partial charge in [-0.15, -0.1) is 0 Å². The average Bonchev–Trinajstić information content (AvgIpc) is 2.92. The molecule has 43 heavy (non-hydrogen) atoms. The minimum Gasteiger partial charge on any atom is -0.478 e. The van der Waals surface area contributed by atoms with Crippen LogP contribution in [0.1, 0.15) is 92.9 Å². The van der Waals surface area contributed by atoms with E-state index in [1.54, 1.807) is 20.8 Å². The van der Waals surface area contributed by atoms with Crippen LogP contribution in [0.3, 0.4) is 0 Å². The van der Waals surface area contributed by atoms with E-state index in [0.717, 1.165) is 23.1 Å². The number of hydrogen-bond acceptors (Lipinski definition) is 7. The van der Waals surface area contributed by atoms with Crippen LogP contribution in [0.25, 0.3) is 0 Å². The van der Waals surface area contributed by atoms with Gasteiger partial charge in [0.25, 0.3) is 0 Å². The maximum Gasteiger partial charge on any atom is 0.335 e. The molecule has 14 nitrogen and oxygen atoms in total. The highest BCUT2D eigenvalue weighted by atomic mass is 16.4. The topological polar surface area (TPSA) is 253 Å². The molecular weight excluding hydrogens is 562 g/mol. The molecule has 9 N–H and O–H groups in total. The number of carboxylic acid groups (broad SMARTS) is 2. The van der Waals surface area contributed by atoms with Crippen LogP contribution in [-0.4, -0.2) is 63.8 Å². The highest BCUT2D eigenvalue weighted by Gasteiger charge is 2.59. The van der Waals surface area contributed by atoms with Gasteiger partial charge in [0.05, 0.1) is 23.2 Å². The lowest BCUT2D eigenvalue weighted by Gasteiger charge is -2.48. The molecule has 2 fully saturated rings. The molecule has 5 amide bonds.